The first-order valence-electron chi connectivity index (χ1n) is 6.88. The molecule has 0 aromatic heterocycles. The number of rotatable bonds is 3. The summed E-state index contributed by atoms with van der Waals surface area (Å²) in [6.07, 6.45) is 4.95. The first kappa shape index (κ1) is 15.0. The van der Waals surface area contributed by atoms with E-state index in [-0.39, 0.29) is 0 Å². The van der Waals surface area contributed by atoms with E-state index in [0.29, 0.717) is 22.8 Å². The van der Waals surface area contributed by atoms with Crippen LogP contribution in [0.3, 0.4) is 0 Å². The van der Waals surface area contributed by atoms with E-state index in [1.165, 1.54) is 31.2 Å². The third kappa shape index (κ3) is 5.30. The van der Waals surface area contributed by atoms with Crippen molar-refractivity contribution in [3.05, 3.63) is 35.9 Å². The Balaban J connectivity index is 1.61. The summed E-state index contributed by atoms with van der Waals surface area (Å²) in [6.45, 7) is 0.692. The van der Waals surface area contributed by atoms with Crippen molar-refractivity contribution >= 4 is 34.7 Å². The van der Waals surface area contributed by atoms with E-state index in [4.69, 9.17) is 24.4 Å². The molecule has 20 heavy (non-hydrogen) atoms. The fraction of sp³-hybridized carbons (Fsp3) is 0.429. The highest BCUT2D eigenvalue weighted by Gasteiger charge is 2.15. The maximum absolute atomic E-state index is 5.21. The van der Waals surface area contributed by atoms with Gasteiger partial charge in [-0.2, -0.15) is 0 Å². The van der Waals surface area contributed by atoms with E-state index in [9.17, 15) is 0 Å². The average Bonchev–Trinajstić information content (AvgIpc) is 2.97. The molecule has 1 aliphatic rings. The van der Waals surface area contributed by atoms with Crippen LogP contribution < -0.4 is 21.5 Å². The van der Waals surface area contributed by atoms with Gasteiger partial charge in [-0.15, -0.1) is 0 Å². The molecule has 0 atom stereocenters. The molecule has 4 nitrogen and oxygen atoms in total. The zero-order chi connectivity index (χ0) is 14.2. The normalized spacial score (nSPS) is 14.6. The summed E-state index contributed by atoms with van der Waals surface area (Å²) in [6, 6.07) is 10.6. The smallest absolute Gasteiger partial charge is 0.185 e. The van der Waals surface area contributed by atoms with Gasteiger partial charge in [0.15, 0.2) is 10.2 Å². The Kier molecular flexibility index (Phi) is 6.01. The van der Waals surface area contributed by atoms with Crippen molar-refractivity contribution in [3.8, 4) is 0 Å². The predicted molar refractivity (Wildman–Crippen MR) is 90.1 cm³/mol. The molecule has 1 saturated carbocycles. The summed E-state index contributed by atoms with van der Waals surface area (Å²) in [5.74, 6) is 0. The molecule has 0 aliphatic heterocycles. The molecular formula is C14H20N4S2. The van der Waals surface area contributed by atoms with Gasteiger partial charge in [-0.05, 0) is 42.8 Å². The van der Waals surface area contributed by atoms with Crippen LogP contribution >= 0.6 is 24.4 Å². The van der Waals surface area contributed by atoms with E-state index < -0.39 is 0 Å². The average molecular weight is 308 g/mol. The molecule has 108 valence electrons. The maximum Gasteiger partial charge on any atom is 0.185 e. The third-order valence-electron chi connectivity index (χ3n) is 3.28. The van der Waals surface area contributed by atoms with Crippen molar-refractivity contribution in [1.82, 2.24) is 21.5 Å². The number of thiocarbonyl (C=S) groups is 2. The van der Waals surface area contributed by atoms with Crippen molar-refractivity contribution in [3.63, 3.8) is 0 Å². The van der Waals surface area contributed by atoms with Crippen LogP contribution in [0.15, 0.2) is 30.3 Å². The SMILES string of the molecule is S=C(NCc1ccccc1)NNC(=S)NC1CCCC1. The molecule has 0 heterocycles. The number of hydrogen-bond acceptors (Lipinski definition) is 2. The molecule has 6 heteroatoms. The Morgan fingerprint density at radius 2 is 1.65 bits per heavy atom. The van der Waals surface area contributed by atoms with Gasteiger partial charge in [0.1, 0.15) is 0 Å². The Morgan fingerprint density at radius 1 is 1.00 bits per heavy atom. The van der Waals surface area contributed by atoms with Gasteiger partial charge in [-0.3, -0.25) is 10.9 Å². The molecule has 4 N–H and O–H groups in total. The lowest BCUT2D eigenvalue weighted by Crippen LogP contribution is -2.51. The lowest BCUT2D eigenvalue weighted by Gasteiger charge is -2.17. The Hall–Kier alpha value is -1.40. The highest BCUT2D eigenvalue weighted by Crippen LogP contribution is 2.17. The summed E-state index contributed by atoms with van der Waals surface area (Å²) in [5, 5.41) is 7.53. The van der Waals surface area contributed by atoms with E-state index in [2.05, 4.69) is 33.6 Å². The lowest BCUT2D eigenvalue weighted by molar-refractivity contribution is 0.617. The number of nitrogens with one attached hydrogen (secondary N) is 4. The molecule has 0 spiro atoms. The summed E-state index contributed by atoms with van der Waals surface area (Å²) in [5.41, 5.74) is 6.99. The fourth-order valence-corrected chi connectivity index (χ4v) is 2.57. The van der Waals surface area contributed by atoms with E-state index >= 15 is 0 Å². The first-order chi connectivity index (χ1) is 9.74. The van der Waals surface area contributed by atoms with Crippen LogP contribution in [0.1, 0.15) is 31.2 Å². The van der Waals surface area contributed by atoms with Crippen LogP contribution in [0.25, 0.3) is 0 Å². The van der Waals surface area contributed by atoms with Gasteiger partial charge in [0.25, 0.3) is 0 Å². The minimum atomic E-state index is 0.502. The van der Waals surface area contributed by atoms with Crippen molar-refractivity contribution in [2.75, 3.05) is 0 Å². The standard InChI is InChI=1S/C14H20N4S2/c19-13(15-10-11-6-2-1-3-7-11)17-18-14(20)16-12-8-4-5-9-12/h1-3,6-7,12H,4-5,8-10H2,(H2,15,17,19)(H2,16,18,20). The molecule has 1 aromatic carbocycles. The van der Waals surface area contributed by atoms with Gasteiger partial charge >= 0.3 is 0 Å². The van der Waals surface area contributed by atoms with Crippen LogP contribution in [-0.4, -0.2) is 16.3 Å². The topological polar surface area (TPSA) is 48.1 Å². The monoisotopic (exact) mass is 308 g/mol. The Bertz CT molecular complexity index is 444. The van der Waals surface area contributed by atoms with Crippen LogP contribution in [-0.2, 0) is 6.54 Å². The Labute approximate surface area is 130 Å². The van der Waals surface area contributed by atoms with Crippen molar-refractivity contribution in [2.24, 2.45) is 0 Å². The largest absolute Gasteiger partial charge is 0.359 e. The zero-order valence-electron chi connectivity index (χ0n) is 11.3. The van der Waals surface area contributed by atoms with Gasteiger partial charge in [0, 0.05) is 12.6 Å². The van der Waals surface area contributed by atoms with Crippen molar-refractivity contribution in [2.45, 2.75) is 38.3 Å². The third-order valence-corrected chi connectivity index (χ3v) is 3.74. The summed E-state index contributed by atoms with van der Waals surface area (Å²) in [4.78, 5) is 0. The minimum absolute atomic E-state index is 0.502. The second-order valence-electron chi connectivity index (χ2n) is 4.87. The number of benzene rings is 1. The summed E-state index contributed by atoms with van der Waals surface area (Å²) < 4.78 is 0. The molecule has 0 amide bonds. The maximum atomic E-state index is 5.21. The number of hydrazine groups is 1. The van der Waals surface area contributed by atoms with Gasteiger partial charge in [0.05, 0.1) is 0 Å². The van der Waals surface area contributed by atoms with Gasteiger partial charge < -0.3 is 10.6 Å². The summed E-state index contributed by atoms with van der Waals surface area (Å²) in [7, 11) is 0. The second kappa shape index (κ2) is 8.01. The van der Waals surface area contributed by atoms with Crippen molar-refractivity contribution < 1.29 is 0 Å². The first-order valence-corrected chi connectivity index (χ1v) is 7.70. The van der Waals surface area contributed by atoms with E-state index in [1.807, 2.05) is 18.2 Å². The van der Waals surface area contributed by atoms with Crippen LogP contribution in [0, 0.1) is 0 Å². The molecule has 0 bridgehead atoms. The molecule has 1 aromatic rings. The molecular weight excluding hydrogens is 288 g/mol. The lowest BCUT2D eigenvalue weighted by atomic mass is 10.2. The zero-order valence-corrected chi connectivity index (χ0v) is 12.9. The molecule has 0 unspecified atom stereocenters. The van der Waals surface area contributed by atoms with Gasteiger partial charge in [0.2, 0.25) is 0 Å². The minimum Gasteiger partial charge on any atom is -0.359 e. The van der Waals surface area contributed by atoms with Crippen molar-refractivity contribution in [1.29, 1.82) is 0 Å². The van der Waals surface area contributed by atoms with Crippen LogP contribution in [0.2, 0.25) is 0 Å². The molecule has 0 radical (unpaired) electrons. The fourth-order valence-electron chi connectivity index (χ4n) is 2.23. The summed E-state index contributed by atoms with van der Waals surface area (Å²) >= 11 is 10.4. The molecule has 1 fully saturated rings. The quantitative estimate of drug-likeness (QED) is 0.506. The predicted octanol–water partition coefficient (Wildman–Crippen LogP) is 1.97. The molecule has 1 aliphatic carbocycles. The molecule has 0 saturated heterocycles. The van der Waals surface area contributed by atoms with Gasteiger partial charge in [-0.1, -0.05) is 43.2 Å². The second-order valence-corrected chi connectivity index (χ2v) is 5.69. The van der Waals surface area contributed by atoms with Crippen LogP contribution in [0.4, 0.5) is 0 Å². The van der Waals surface area contributed by atoms with E-state index in [1.54, 1.807) is 0 Å². The highest BCUT2D eigenvalue weighted by molar-refractivity contribution is 7.80. The number of hydrogen-bond donors (Lipinski definition) is 4. The highest BCUT2D eigenvalue weighted by atomic mass is 32.1. The van der Waals surface area contributed by atoms with Gasteiger partial charge in [-0.25, -0.2) is 0 Å². The molecule has 2 rings (SSSR count). The van der Waals surface area contributed by atoms with Crippen LogP contribution in [0.5, 0.6) is 0 Å². The van der Waals surface area contributed by atoms with E-state index in [0.717, 1.165) is 0 Å². The Morgan fingerprint density at radius 3 is 2.35 bits per heavy atom.